The van der Waals surface area contributed by atoms with Crippen LogP contribution in [0.4, 0.5) is 5.69 Å². The summed E-state index contributed by atoms with van der Waals surface area (Å²) < 4.78 is 1.02. The lowest BCUT2D eigenvalue weighted by Crippen LogP contribution is -2.47. The summed E-state index contributed by atoms with van der Waals surface area (Å²) in [6.45, 7) is 4.93. The number of nitrogens with zero attached hydrogens (tertiary/aromatic N) is 2. The predicted octanol–water partition coefficient (Wildman–Crippen LogP) is 3.81. The van der Waals surface area contributed by atoms with E-state index in [2.05, 4.69) is 70.0 Å². The van der Waals surface area contributed by atoms with Crippen LogP contribution in [0.3, 0.4) is 0 Å². The van der Waals surface area contributed by atoms with E-state index in [4.69, 9.17) is 5.73 Å². The van der Waals surface area contributed by atoms with E-state index in [0.717, 1.165) is 10.2 Å². The Kier molecular flexibility index (Phi) is 3.49. The molecule has 4 heteroatoms. The summed E-state index contributed by atoms with van der Waals surface area (Å²) in [5, 5.41) is 0. The van der Waals surface area contributed by atoms with Gasteiger partial charge in [0.25, 0.3) is 0 Å². The summed E-state index contributed by atoms with van der Waals surface area (Å²) in [6, 6.07) is 16.7. The average Bonchev–Trinajstić information content (AvgIpc) is 2.77. The number of halogens is 1. The van der Waals surface area contributed by atoms with Crippen molar-refractivity contribution in [1.29, 1.82) is 0 Å². The van der Waals surface area contributed by atoms with Crippen LogP contribution in [-0.2, 0) is 5.54 Å². The molecule has 21 heavy (non-hydrogen) atoms. The molecular formula is C17H18BrN3. The van der Waals surface area contributed by atoms with E-state index < -0.39 is 0 Å². The Bertz CT molecular complexity index is 693. The summed E-state index contributed by atoms with van der Waals surface area (Å²) in [5.41, 5.74) is 9.42. The minimum atomic E-state index is -0.262. The Labute approximate surface area is 133 Å². The molecule has 1 aliphatic heterocycles. The van der Waals surface area contributed by atoms with Crippen molar-refractivity contribution in [2.24, 2.45) is 10.7 Å². The Morgan fingerprint density at radius 3 is 2.48 bits per heavy atom. The number of anilines is 1. The van der Waals surface area contributed by atoms with Crippen LogP contribution in [0.25, 0.3) is 0 Å². The number of hydrogen-bond acceptors (Lipinski definition) is 3. The lowest BCUT2D eigenvalue weighted by molar-refractivity contribution is 0.532. The van der Waals surface area contributed by atoms with Crippen LogP contribution in [0.5, 0.6) is 0 Å². The van der Waals surface area contributed by atoms with Gasteiger partial charge in [0.1, 0.15) is 0 Å². The fraction of sp³-hybridized carbons (Fsp3) is 0.235. The smallest absolute Gasteiger partial charge is 0.196 e. The molecule has 0 saturated carbocycles. The Balaban J connectivity index is 2.10. The van der Waals surface area contributed by atoms with Gasteiger partial charge < -0.3 is 5.73 Å². The van der Waals surface area contributed by atoms with Gasteiger partial charge in [-0.2, -0.15) is 0 Å². The molecule has 2 aromatic carbocycles. The molecule has 1 aliphatic rings. The van der Waals surface area contributed by atoms with Crippen molar-refractivity contribution in [2.75, 3.05) is 11.4 Å². The van der Waals surface area contributed by atoms with Crippen molar-refractivity contribution in [3.05, 3.63) is 64.1 Å². The molecule has 3 nitrogen and oxygen atoms in total. The topological polar surface area (TPSA) is 41.6 Å². The van der Waals surface area contributed by atoms with Gasteiger partial charge in [0.2, 0.25) is 0 Å². The van der Waals surface area contributed by atoms with Gasteiger partial charge in [-0.1, -0.05) is 42.0 Å². The molecule has 1 heterocycles. The molecular weight excluding hydrogens is 326 g/mol. The van der Waals surface area contributed by atoms with Crippen molar-refractivity contribution >= 4 is 27.6 Å². The zero-order valence-corrected chi connectivity index (χ0v) is 13.8. The van der Waals surface area contributed by atoms with Gasteiger partial charge in [0, 0.05) is 4.47 Å². The van der Waals surface area contributed by atoms with Gasteiger partial charge in [-0.15, -0.1) is 0 Å². The number of rotatable bonds is 2. The highest BCUT2D eigenvalue weighted by atomic mass is 79.9. The van der Waals surface area contributed by atoms with Crippen LogP contribution in [0.1, 0.15) is 18.1 Å². The SMILES string of the molecule is Cc1ccc(C2(C)CN=C(N)N2c2ccccc2Br)cc1. The number of aryl methyl sites for hydroxylation is 1. The number of hydrogen-bond donors (Lipinski definition) is 1. The second-order valence-corrected chi connectivity index (χ2v) is 6.46. The van der Waals surface area contributed by atoms with E-state index in [1.807, 2.05) is 18.2 Å². The molecule has 3 rings (SSSR count). The third kappa shape index (κ3) is 2.33. The van der Waals surface area contributed by atoms with Crippen LogP contribution in [-0.4, -0.2) is 12.5 Å². The highest BCUT2D eigenvalue weighted by Crippen LogP contribution is 2.39. The van der Waals surface area contributed by atoms with Gasteiger partial charge in [0.15, 0.2) is 5.96 Å². The fourth-order valence-corrected chi connectivity index (χ4v) is 3.25. The summed E-state index contributed by atoms with van der Waals surface area (Å²) >= 11 is 3.62. The Hall–Kier alpha value is -1.81. The third-order valence-electron chi connectivity index (χ3n) is 4.04. The predicted molar refractivity (Wildman–Crippen MR) is 91.6 cm³/mol. The minimum absolute atomic E-state index is 0.262. The van der Waals surface area contributed by atoms with E-state index in [1.54, 1.807) is 0 Å². The second kappa shape index (κ2) is 5.19. The molecule has 0 bridgehead atoms. The summed E-state index contributed by atoms with van der Waals surface area (Å²) in [6.07, 6.45) is 0. The maximum absolute atomic E-state index is 6.18. The third-order valence-corrected chi connectivity index (χ3v) is 4.71. The lowest BCUT2D eigenvalue weighted by Gasteiger charge is -2.37. The summed E-state index contributed by atoms with van der Waals surface area (Å²) in [5.74, 6) is 0.560. The molecule has 0 aliphatic carbocycles. The normalized spacial score (nSPS) is 21.5. The monoisotopic (exact) mass is 343 g/mol. The van der Waals surface area contributed by atoms with Crippen LogP contribution < -0.4 is 10.6 Å². The van der Waals surface area contributed by atoms with Crippen molar-refractivity contribution in [3.8, 4) is 0 Å². The zero-order chi connectivity index (χ0) is 15.0. The van der Waals surface area contributed by atoms with Crippen molar-refractivity contribution in [2.45, 2.75) is 19.4 Å². The van der Waals surface area contributed by atoms with Crippen molar-refractivity contribution in [1.82, 2.24) is 0 Å². The largest absolute Gasteiger partial charge is 0.369 e. The number of guanidine groups is 1. The zero-order valence-electron chi connectivity index (χ0n) is 12.2. The number of aliphatic imine (C=N–C) groups is 1. The minimum Gasteiger partial charge on any atom is -0.369 e. The molecule has 1 atom stereocenters. The second-order valence-electron chi connectivity index (χ2n) is 5.60. The number of nitrogens with two attached hydrogens (primary N) is 1. The van der Waals surface area contributed by atoms with E-state index in [9.17, 15) is 0 Å². The van der Waals surface area contributed by atoms with Gasteiger partial charge in [0.05, 0.1) is 17.8 Å². The van der Waals surface area contributed by atoms with Crippen molar-refractivity contribution in [3.63, 3.8) is 0 Å². The number of benzene rings is 2. The van der Waals surface area contributed by atoms with Crippen LogP contribution >= 0.6 is 15.9 Å². The summed E-state index contributed by atoms with van der Waals surface area (Å²) in [4.78, 5) is 6.60. The Morgan fingerprint density at radius 1 is 1.14 bits per heavy atom. The molecule has 0 spiro atoms. The van der Waals surface area contributed by atoms with Gasteiger partial charge in [-0.25, -0.2) is 0 Å². The molecule has 2 N–H and O–H groups in total. The van der Waals surface area contributed by atoms with E-state index in [-0.39, 0.29) is 5.54 Å². The molecule has 0 aromatic heterocycles. The first-order valence-electron chi connectivity index (χ1n) is 6.94. The maximum atomic E-state index is 6.18. The van der Waals surface area contributed by atoms with E-state index in [0.29, 0.717) is 12.5 Å². The molecule has 0 fully saturated rings. The molecule has 0 amide bonds. The molecule has 0 saturated heterocycles. The summed E-state index contributed by atoms with van der Waals surface area (Å²) in [7, 11) is 0. The van der Waals surface area contributed by atoms with Gasteiger partial charge >= 0.3 is 0 Å². The number of para-hydroxylation sites is 1. The fourth-order valence-electron chi connectivity index (χ4n) is 2.78. The van der Waals surface area contributed by atoms with Crippen LogP contribution in [0, 0.1) is 6.92 Å². The quantitative estimate of drug-likeness (QED) is 0.900. The first kappa shape index (κ1) is 14.1. The molecule has 2 aromatic rings. The first-order valence-corrected chi connectivity index (χ1v) is 7.73. The standard InChI is InChI=1S/C17H18BrN3/c1-12-7-9-13(10-8-12)17(2)11-20-16(19)21(17)15-6-4-3-5-14(15)18/h3-10H,11H2,1-2H3,(H2,19,20). The maximum Gasteiger partial charge on any atom is 0.196 e. The average molecular weight is 344 g/mol. The van der Waals surface area contributed by atoms with Crippen LogP contribution in [0.2, 0.25) is 0 Å². The lowest BCUT2D eigenvalue weighted by atomic mass is 9.90. The van der Waals surface area contributed by atoms with Crippen LogP contribution in [0.15, 0.2) is 58.0 Å². The molecule has 1 unspecified atom stereocenters. The Morgan fingerprint density at radius 2 is 1.81 bits per heavy atom. The van der Waals surface area contributed by atoms with E-state index in [1.165, 1.54) is 11.1 Å². The highest BCUT2D eigenvalue weighted by Gasteiger charge is 2.41. The highest BCUT2D eigenvalue weighted by molar-refractivity contribution is 9.10. The first-order chi connectivity index (χ1) is 10.0. The van der Waals surface area contributed by atoms with Gasteiger partial charge in [-0.3, -0.25) is 9.89 Å². The van der Waals surface area contributed by atoms with Crippen molar-refractivity contribution < 1.29 is 0 Å². The molecule has 0 radical (unpaired) electrons. The van der Waals surface area contributed by atoms with Gasteiger partial charge in [-0.05, 0) is 47.5 Å². The molecule has 108 valence electrons. The van der Waals surface area contributed by atoms with E-state index >= 15 is 0 Å².